The van der Waals surface area contributed by atoms with E-state index in [4.69, 9.17) is 4.74 Å². The molecule has 2 amide bonds. The number of alkyl halides is 3. The van der Waals surface area contributed by atoms with Crippen molar-refractivity contribution in [2.24, 2.45) is 0 Å². The van der Waals surface area contributed by atoms with Gasteiger partial charge in [-0.2, -0.15) is 13.2 Å². The fourth-order valence-corrected chi connectivity index (χ4v) is 2.51. The van der Waals surface area contributed by atoms with E-state index >= 15 is 0 Å². The van der Waals surface area contributed by atoms with Crippen molar-refractivity contribution in [3.05, 3.63) is 53.7 Å². The van der Waals surface area contributed by atoms with Gasteiger partial charge in [-0.05, 0) is 38.1 Å². The Bertz CT molecular complexity index is 840. The highest BCUT2D eigenvalue weighted by molar-refractivity contribution is 6.00. The highest BCUT2D eigenvalue weighted by Crippen LogP contribution is 2.34. The van der Waals surface area contributed by atoms with Gasteiger partial charge in [0.2, 0.25) is 11.8 Å². The van der Waals surface area contributed by atoms with Gasteiger partial charge in [0.15, 0.2) is 0 Å². The summed E-state index contributed by atoms with van der Waals surface area (Å²) in [7, 11) is 0. The smallest absolute Gasteiger partial charge is 0.418 e. The fourth-order valence-electron chi connectivity index (χ4n) is 2.51. The number of anilines is 1. The second-order valence-corrected chi connectivity index (χ2v) is 5.70. The molecule has 1 aromatic carbocycles. The SMILES string of the molecule is CCOc1ncccc1C(=O)N(CC)CC(=O)Nc1ccccc1C(F)(F)F. The third-order valence-electron chi connectivity index (χ3n) is 3.79. The number of hydrogen-bond acceptors (Lipinski definition) is 4. The summed E-state index contributed by atoms with van der Waals surface area (Å²) in [6, 6.07) is 7.73. The monoisotopic (exact) mass is 395 g/mol. The van der Waals surface area contributed by atoms with Gasteiger partial charge in [-0.3, -0.25) is 9.59 Å². The zero-order valence-corrected chi connectivity index (χ0v) is 15.4. The van der Waals surface area contributed by atoms with E-state index in [9.17, 15) is 22.8 Å². The van der Waals surface area contributed by atoms with E-state index in [1.54, 1.807) is 19.9 Å². The van der Waals surface area contributed by atoms with E-state index < -0.39 is 30.1 Å². The first kappa shape index (κ1) is 21.2. The lowest BCUT2D eigenvalue weighted by atomic mass is 10.1. The number of carbonyl (C=O) groups is 2. The number of carbonyl (C=O) groups excluding carboxylic acids is 2. The van der Waals surface area contributed by atoms with Crippen molar-refractivity contribution in [2.75, 3.05) is 25.0 Å². The Hall–Kier alpha value is -3.10. The molecule has 2 rings (SSSR count). The Morgan fingerprint density at radius 2 is 1.86 bits per heavy atom. The number of rotatable bonds is 7. The van der Waals surface area contributed by atoms with Crippen molar-refractivity contribution in [1.82, 2.24) is 9.88 Å². The lowest BCUT2D eigenvalue weighted by Crippen LogP contribution is -2.38. The molecule has 6 nitrogen and oxygen atoms in total. The molecule has 0 unspecified atom stereocenters. The summed E-state index contributed by atoms with van der Waals surface area (Å²) in [6.07, 6.45) is -3.13. The van der Waals surface area contributed by atoms with Crippen LogP contribution in [0.3, 0.4) is 0 Å². The first-order valence-corrected chi connectivity index (χ1v) is 8.61. The van der Waals surface area contributed by atoms with E-state index in [2.05, 4.69) is 10.3 Å². The zero-order valence-electron chi connectivity index (χ0n) is 15.4. The van der Waals surface area contributed by atoms with Crippen molar-refractivity contribution in [3.63, 3.8) is 0 Å². The molecule has 0 bridgehead atoms. The van der Waals surface area contributed by atoms with Gasteiger partial charge in [-0.15, -0.1) is 0 Å². The molecule has 0 aliphatic carbocycles. The standard InChI is InChI=1S/C19H20F3N3O3/c1-3-25(18(27)13-8-7-11-23-17(13)28-4-2)12-16(26)24-15-10-6-5-9-14(15)19(20,21)22/h5-11H,3-4,12H2,1-2H3,(H,24,26). The van der Waals surface area contributed by atoms with E-state index in [0.29, 0.717) is 6.61 Å². The second kappa shape index (κ2) is 9.20. The van der Waals surface area contributed by atoms with Crippen molar-refractivity contribution in [3.8, 4) is 5.88 Å². The molecule has 0 saturated heterocycles. The predicted octanol–water partition coefficient (Wildman–Crippen LogP) is 3.60. The Kier molecular flexibility index (Phi) is 6.97. The number of para-hydroxylation sites is 1. The van der Waals surface area contributed by atoms with Crippen molar-refractivity contribution >= 4 is 17.5 Å². The van der Waals surface area contributed by atoms with Crippen LogP contribution in [0.25, 0.3) is 0 Å². The van der Waals surface area contributed by atoms with Crippen LogP contribution in [0.5, 0.6) is 5.88 Å². The predicted molar refractivity (Wildman–Crippen MR) is 97.1 cm³/mol. The van der Waals surface area contributed by atoms with E-state index in [1.807, 2.05) is 0 Å². The number of nitrogens with zero attached hydrogens (tertiary/aromatic N) is 2. The van der Waals surface area contributed by atoms with Gasteiger partial charge in [0, 0.05) is 12.7 Å². The lowest BCUT2D eigenvalue weighted by molar-refractivity contribution is -0.137. The van der Waals surface area contributed by atoms with Crippen LogP contribution in [0.15, 0.2) is 42.6 Å². The quantitative estimate of drug-likeness (QED) is 0.778. The first-order valence-electron chi connectivity index (χ1n) is 8.61. The molecular weight excluding hydrogens is 375 g/mol. The molecule has 1 aromatic heterocycles. The number of likely N-dealkylation sites (N-methyl/N-ethyl adjacent to an activating group) is 1. The van der Waals surface area contributed by atoms with Gasteiger partial charge in [0.1, 0.15) is 12.1 Å². The summed E-state index contributed by atoms with van der Waals surface area (Å²) in [6.45, 7) is 3.46. The van der Waals surface area contributed by atoms with E-state index in [0.717, 1.165) is 12.1 Å². The highest BCUT2D eigenvalue weighted by Gasteiger charge is 2.33. The topological polar surface area (TPSA) is 71.5 Å². The lowest BCUT2D eigenvalue weighted by Gasteiger charge is -2.22. The summed E-state index contributed by atoms with van der Waals surface area (Å²) in [4.78, 5) is 30.2. The van der Waals surface area contributed by atoms with E-state index in [1.165, 1.54) is 29.3 Å². The highest BCUT2D eigenvalue weighted by atomic mass is 19.4. The summed E-state index contributed by atoms with van der Waals surface area (Å²) >= 11 is 0. The molecule has 150 valence electrons. The number of aromatic nitrogens is 1. The normalized spacial score (nSPS) is 11.0. The summed E-state index contributed by atoms with van der Waals surface area (Å²) in [5.74, 6) is -1.11. The third-order valence-corrected chi connectivity index (χ3v) is 3.79. The average Bonchev–Trinajstić information content (AvgIpc) is 2.66. The molecule has 0 fully saturated rings. The minimum Gasteiger partial charge on any atom is -0.477 e. The first-order chi connectivity index (χ1) is 13.3. The average molecular weight is 395 g/mol. The molecule has 0 aliphatic rings. The van der Waals surface area contributed by atoms with Crippen molar-refractivity contribution in [1.29, 1.82) is 0 Å². The molecule has 0 radical (unpaired) electrons. The van der Waals surface area contributed by atoms with Crippen LogP contribution in [0.2, 0.25) is 0 Å². The molecule has 2 aromatic rings. The number of hydrogen-bond donors (Lipinski definition) is 1. The number of nitrogens with one attached hydrogen (secondary N) is 1. The maximum Gasteiger partial charge on any atom is 0.418 e. The zero-order chi connectivity index (χ0) is 20.7. The van der Waals surface area contributed by atoms with Crippen LogP contribution >= 0.6 is 0 Å². The van der Waals surface area contributed by atoms with Crippen LogP contribution in [0.4, 0.5) is 18.9 Å². The molecular formula is C19H20F3N3O3. The van der Waals surface area contributed by atoms with Gasteiger partial charge in [-0.1, -0.05) is 12.1 Å². The Morgan fingerprint density at radius 1 is 1.14 bits per heavy atom. The third kappa shape index (κ3) is 5.21. The van der Waals surface area contributed by atoms with Crippen molar-refractivity contribution in [2.45, 2.75) is 20.0 Å². The molecule has 0 saturated carbocycles. The van der Waals surface area contributed by atoms with Gasteiger partial charge >= 0.3 is 6.18 Å². The number of pyridine rings is 1. The number of ether oxygens (including phenoxy) is 1. The second-order valence-electron chi connectivity index (χ2n) is 5.70. The number of halogens is 3. The molecule has 0 aliphatic heterocycles. The summed E-state index contributed by atoms with van der Waals surface area (Å²) in [5.41, 5.74) is -1.14. The summed E-state index contributed by atoms with van der Waals surface area (Å²) in [5, 5.41) is 2.23. The van der Waals surface area contributed by atoms with Crippen molar-refractivity contribution < 1.29 is 27.5 Å². The number of benzene rings is 1. The molecule has 1 N–H and O–H groups in total. The van der Waals surface area contributed by atoms with Crippen LogP contribution < -0.4 is 10.1 Å². The largest absolute Gasteiger partial charge is 0.477 e. The minimum atomic E-state index is -4.60. The Morgan fingerprint density at radius 3 is 2.50 bits per heavy atom. The number of amides is 2. The van der Waals surface area contributed by atoms with Crippen LogP contribution in [0, 0.1) is 0 Å². The van der Waals surface area contributed by atoms with Crippen LogP contribution in [-0.4, -0.2) is 41.4 Å². The Labute approximate surface area is 160 Å². The minimum absolute atomic E-state index is 0.135. The molecule has 0 spiro atoms. The fraction of sp³-hybridized carbons (Fsp3) is 0.316. The summed E-state index contributed by atoms with van der Waals surface area (Å²) < 4.78 is 44.5. The maximum atomic E-state index is 13.1. The molecule has 28 heavy (non-hydrogen) atoms. The van der Waals surface area contributed by atoms with Crippen LogP contribution in [-0.2, 0) is 11.0 Å². The molecule has 9 heteroatoms. The van der Waals surface area contributed by atoms with Gasteiger partial charge < -0.3 is 15.0 Å². The molecule has 0 atom stereocenters. The van der Waals surface area contributed by atoms with Gasteiger partial charge in [-0.25, -0.2) is 4.98 Å². The maximum absolute atomic E-state index is 13.1. The van der Waals surface area contributed by atoms with Gasteiger partial charge in [0.05, 0.1) is 17.9 Å². The molecule has 1 heterocycles. The van der Waals surface area contributed by atoms with Gasteiger partial charge in [0.25, 0.3) is 5.91 Å². The van der Waals surface area contributed by atoms with Crippen LogP contribution in [0.1, 0.15) is 29.8 Å². The van der Waals surface area contributed by atoms with E-state index in [-0.39, 0.29) is 23.7 Å². The Balaban J connectivity index is 2.16.